The van der Waals surface area contributed by atoms with E-state index in [1.807, 2.05) is 37.4 Å². The minimum Gasteiger partial charge on any atom is -0.750 e. The predicted molar refractivity (Wildman–Crippen MR) is 61.7 cm³/mol. The quantitative estimate of drug-likeness (QED) is 0.251. The minimum atomic E-state index is -4.67. The molecule has 4 N–H and O–H groups in total. The smallest absolute Gasteiger partial charge is 0.750 e. The average molecular weight is 309 g/mol. The predicted octanol–water partition coefficient (Wildman–Crippen LogP) is -2.58. The van der Waals surface area contributed by atoms with Gasteiger partial charge in [-0.25, -0.2) is 4.21 Å². The Morgan fingerprint density at radius 1 is 1.22 bits per heavy atom. The third-order valence-corrected chi connectivity index (χ3v) is 1.06. The molecule has 1 aromatic rings. The van der Waals surface area contributed by atoms with E-state index in [-0.39, 0.29) is 29.6 Å². The zero-order valence-electron chi connectivity index (χ0n) is 9.68. The summed E-state index contributed by atoms with van der Waals surface area (Å²) >= 11 is -2.86. The van der Waals surface area contributed by atoms with Crippen LogP contribution in [-0.4, -0.2) is 37.9 Å². The third kappa shape index (κ3) is 36.0. The van der Waals surface area contributed by atoms with Crippen molar-refractivity contribution in [2.45, 2.75) is 0 Å². The monoisotopic (exact) mass is 309 g/mol. The number of anilines is 1. The van der Waals surface area contributed by atoms with Gasteiger partial charge in [-0.05, 0) is 12.1 Å². The van der Waals surface area contributed by atoms with Crippen molar-refractivity contribution in [1.29, 1.82) is 0 Å². The summed E-state index contributed by atoms with van der Waals surface area (Å²) in [4.78, 5) is 0. The standard InChI is InChI=1S/C7H9N.Na.H2O4S.H2O3S/c1-8-7-5-3-2-4-6-7;;1-5(2,3)4;1-4(2)3/h2-6,8H,1H3;;(H2,1,2,3,4);(H2,1,2,3)/q;+1;;/p-1. The molecule has 0 radical (unpaired) electrons. The van der Waals surface area contributed by atoms with Crippen molar-refractivity contribution >= 4 is 27.4 Å². The molecule has 0 aliphatic rings. The van der Waals surface area contributed by atoms with E-state index in [2.05, 4.69) is 5.32 Å². The Balaban J connectivity index is -0.000000198. The van der Waals surface area contributed by atoms with E-state index >= 15 is 0 Å². The van der Waals surface area contributed by atoms with Gasteiger partial charge in [0.1, 0.15) is 0 Å². The molecule has 8 nitrogen and oxygen atoms in total. The molecule has 0 bridgehead atoms. The number of para-hydroxylation sites is 1. The molecule has 100 valence electrons. The van der Waals surface area contributed by atoms with Crippen LogP contribution in [0.15, 0.2) is 30.3 Å². The maximum Gasteiger partial charge on any atom is 1.00 e. The van der Waals surface area contributed by atoms with Crippen molar-refractivity contribution in [3.8, 4) is 0 Å². The van der Waals surface area contributed by atoms with Crippen LogP contribution >= 0.6 is 0 Å². The summed E-state index contributed by atoms with van der Waals surface area (Å²) in [6, 6.07) is 10.1. The van der Waals surface area contributed by atoms with Crippen LogP contribution in [0.5, 0.6) is 0 Å². The number of nitrogens with one attached hydrogen (secondary N) is 1. The fourth-order valence-corrected chi connectivity index (χ4v) is 0.605. The summed E-state index contributed by atoms with van der Waals surface area (Å²) in [5.41, 5.74) is 1.16. The second kappa shape index (κ2) is 13.4. The third-order valence-electron chi connectivity index (χ3n) is 1.06. The first kappa shape index (κ1) is 23.1. The van der Waals surface area contributed by atoms with Gasteiger partial charge in [0.15, 0.2) is 0 Å². The van der Waals surface area contributed by atoms with Crippen LogP contribution in [0.3, 0.4) is 0 Å². The molecule has 1 atom stereocenters. The molecule has 1 unspecified atom stereocenters. The molecule has 0 amide bonds. The fourth-order valence-electron chi connectivity index (χ4n) is 0.605. The molecule has 11 heteroatoms. The first-order chi connectivity index (χ1) is 7.66. The molecule has 18 heavy (non-hydrogen) atoms. The molecule has 1 aromatic carbocycles. The Kier molecular flexibility index (Phi) is 17.2. The van der Waals surface area contributed by atoms with Crippen molar-refractivity contribution in [2.75, 3.05) is 12.4 Å². The second-order valence-corrected chi connectivity index (χ2v) is 3.61. The van der Waals surface area contributed by atoms with Gasteiger partial charge < -0.3 is 14.4 Å². The second-order valence-electron chi connectivity index (χ2n) is 2.28. The van der Waals surface area contributed by atoms with Crippen LogP contribution < -0.4 is 34.9 Å². The maximum absolute atomic E-state index is 8.74. The molecule has 0 aliphatic heterocycles. The van der Waals surface area contributed by atoms with Crippen molar-refractivity contribution in [1.82, 2.24) is 0 Å². The first-order valence-corrected chi connectivity index (χ1v) is 6.30. The maximum atomic E-state index is 8.74. The molecule has 0 saturated heterocycles. The number of benzene rings is 1. The zero-order valence-corrected chi connectivity index (χ0v) is 13.3. The fraction of sp³-hybridized carbons (Fsp3) is 0.143. The molecule has 0 saturated carbocycles. The van der Waals surface area contributed by atoms with Gasteiger partial charge in [-0.15, -0.1) is 0 Å². The van der Waals surface area contributed by atoms with E-state index in [1.54, 1.807) is 0 Å². The molecular formula is C7H12NNaO7S2. The molecule has 0 spiro atoms. The first-order valence-electron chi connectivity index (χ1n) is 3.88. The van der Waals surface area contributed by atoms with E-state index < -0.39 is 21.8 Å². The van der Waals surface area contributed by atoms with Crippen LogP contribution in [0.1, 0.15) is 0 Å². The summed E-state index contributed by atoms with van der Waals surface area (Å²) in [5.74, 6) is 0. The zero-order chi connectivity index (χ0) is 13.9. The molecule has 0 aromatic heterocycles. The number of hydrogen-bond acceptors (Lipinski definition) is 5. The van der Waals surface area contributed by atoms with Crippen molar-refractivity contribution in [3.63, 3.8) is 0 Å². The van der Waals surface area contributed by atoms with E-state index in [9.17, 15) is 0 Å². The van der Waals surface area contributed by atoms with Gasteiger partial charge in [0.25, 0.3) is 0 Å². The summed E-state index contributed by atoms with van der Waals surface area (Å²) in [7, 11) is -2.75. The Bertz CT molecular complexity index is 399. The Morgan fingerprint density at radius 2 is 1.50 bits per heavy atom. The van der Waals surface area contributed by atoms with Gasteiger partial charge in [-0.2, -0.15) is 8.42 Å². The molecule has 0 fully saturated rings. The van der Waals surface area contributed by atoms with Crippen LogP contribution in [0, 0.1) is 0 Å². The van der Waals surface area contributed by atoms with Crippen LogP contribution in [0.25, 0.3) is 0 Å². The minimum absolute atomic E-state index is 0. The molecule has 1 rings (SSSR count). The summed E-state index contributed by atoms with van der Waals surface area (Å²) in [6.07, 6.45) is 0. The van der Waals surface area contributed by atoms with Gasteiger partial charge >= 0.3 is 40.0 Å². The van der Waals surface area contributed by atoms with Gasteiger partial charge in [-0.3, -0.25) is 9.11 Å². The normalized spacial score (nSPS) is 10.5. The van der Waals surface area contributed by atoms with Crippen molar-refractivity contribution in [2.24, 2.45) is 0 Å². The van der Waals surface area contributed by atoms with E-state index in [0.29, 0.717) is 0 Å². The molecule has 0 heterocycles. The van der Waals surface area contributed by atoms with Gasteiger partial charge in [0.05, 0.1) is 11.4 Å². The van der Waals surface area contributed by atoms with E-state index in [1.165, 1.54) is 0 Å². The van der Waals surface area contributed by atoms with E-state index in [0.717, 1.165) is 5.69 Å². The van der Waals surface area contributed by atoms with Crippen LogP contribution in [0.2, 0.25) is 0 Å². The van der Waals surface area contributed by atoms with Crippen LogP contribution in [-0.2, 0) is 21.8 Å². The van der Waals surface area contributed by atoms with E-state index in [4.69, 9.17) is 30.8 Å². The van der Waals surface area contributed by atoms with Crippen molar-refractivity contribution in [3.05, 3.63) is 30.3 Å². The number of rotatable bonds is 1. The Morgan fingerprint density at radius 3 is 1.67 bits per heavy atom. The van der Waals surface area contributed by atoms with Crippen molar-refractivity contribution < 1.29 is 60.4 Å². The van der Waals surface area contributed by atoms with Gasteiger partial charge in [-0.1, -0.05) is 18.2 Å². The SMILES string of the molecule is CNc1ccccc1.O=S(=O)(O)O.O=S([O-])O.[Na+]. The average Bonchev–Trinajstić information content (AvgIpc) is 2.15. The van der Waals surface area contributed by atoms with Gasteiger partial charge in [0, 0.05) is 12.7 Å². The Hall–Kier alpha value is -0.0400. The number of hydrogen-bond donors (Lipinski definition) is 4. The molecule has 0 aliphatic carbocycles. The van der Waals surface area contributed by atoms with Gasteiger partial charge in [0.2, 0.25) is 0 Å². The molecular weight excluding hydrogens is 297 g/mol. The summed E-state index contributed by atoms with van der Waals surface area (Å²) in [6.45, 7) is 0. The summed E-state index contributed by atoms with van der Waals surface area (Å²) in [5, 5.41) is 3.03. The Labute approximate surface area is 130 Å². The largest absolute Gasteiger partial charge is 1.00 e. The topological polar surface area (TPSA) is 147 Å². The van der Waals surface area contributed by atoms with Crippen LogP contribution in [0.4, 0.5) is 5.69 Å². The summed E-state index contributed by atoms with van der Waals surface area (Å²) < 4.78 is 55.7.